The van der Waals surface area contributed by atoms with Gasteiger partial charge in [0.2, 0.25) is 16.2 Å². The first-order valence-corrected chi connectivity index (χ1v) is 13.4. The van der Waals surface area contributed by atoms with Crippen LogP contribution < -0.4 is 15.4 Å². The Labute approximate surface area is 230 Å². The molecule has 0 bridgehead atoms. The van der Waals surface area contributed by atoms with Gasteiger partial charge in [-0.25, -0.2) is 0 Å². The molecule has 2 amide bonds. The number of rotatable bonds is 10. The van der Waals surface area contributed by atoms with Gasteiger partial charge in [-0.05, 0) is 18.2 Å². The molecule has 2 aromatic carbocycles. The summed E-state index contributed by atoms with van der Waals surface area (Å²) in [4.78, 5) is 34.9. The minimum Gasteiger partial charge on any atom is -0.482 e. The van der Waals surface area contributed by atoms with Gasteiger partial charge in [-0.3, -0.25) is 30.3 Å². The molecule has 37 heavy (non-hydrogen) atoms. The van der Waals surface area contributed by atoms with E-state index in [1.807, 2.05) is 0 Å². The largest absolute Gasteiger partial charge is 0.482 e. The molecule has 0 saturated carbocycles. The normalized spacial score (nSPS) is 10.6. The van der Waals surface area contributed by atoms with Crippen molar-refractivity contribution >= 4 is 85.4 Å². The third-order valence-electron chi connectivity index (χ3n) is 4.21. The summed E-state index contributed by atoms with van der Waals surface area (Å²) in [7, 11) is 0. The molecule has 0 unspecified atom stereocenters. The van der Waals surface area contributed by atoms with Gasteiger partial charge in [0.25, 0.3) is 11.6 Å². The number of nitro groups is 1. The monoisotopic (exact) mass is 597 g/mol. The van der Waals surface area contributed by atoms with Crippen LogP contribution in [-0.4, -0.2) is 49.5 Å². The van der Waals surface area contributed by atoms with Crippen LogP contribution in [0.15, 0.2) is 46.8 Å². The molecule has 0 aliphatic heterocycles. The Morgan fingerprint density at radius 1 is 1.00 bits per heavy atom. The molecule has 2 heterocycles. The number of halogens is 2. The lowest BCUT2D eigenvalue weighted by Gasteiger charge is -2.07. The number of carbonyl (C=O) groups is 2. The number of anilines is 2. The SMILES string of the molecule is O=C(COc1ccc(Cl)cc1Cl)Nc1nnc(SCC(=O)Nc2nnc(-c3cccc([N+](=O)[O-])c3)s2)s1. The van der Waals surface area contributed by atoms with E-state index in [0.717, 1.165) is 34.4 Å². The van der Waals surface area contributed by atoms with Gasteiger partial charge in [0.1, 0.15) is 10.8 Å². The zero-order valence-corrected chi connectivity index (χ0v) is 22.2. The number of aromatic nitrogens is 4. The van der Waals surface area contributed by atoms with Crippen LogP contribution in [0.25, 0.3) is 10.6 Å². The first kappa shape index (κ1) is 26.7. The third kappa shape index (κ3) is 7.56. The van der Waals surface area contributed by atoms with Crippen molar-refractivity contribution in [2.75, 3.05) is 23.0 Å². The fourth-order valence-electron chi connectivity index (χ4n) is 2.64. The Hall–Kier alpha value is -3.37. The number of hydrogen-bond donors (Lipinski definition) is 2. The molecule has 2 N–H and O–H groups in total. The fourth-order valence-corrected chi connectivity index (χ4v) is 5.42. The lowest BCUT2D eigenvalue weighted by molar-refractivity contribution is -0.384. The second kappa shape index (κ2) is 12.2. The molecule has 0 fully saturated rings. The molecular weight excluding hydrogens is 585 g/mol. The Kier molecular flexibility index (Phi) is 8.83. The Balaban J connectivity index is 1.23. The molecular formula is C20H13Cl2N7O5S3. The summed E-state index contributed by atoms with van der Waals surface area (Å²) in [6.45, 7) is -0.300. The van der Waals surface area contributed by atoms with E-state index in [1.165, 1.54) is 18.2 Å². The number of benzene rings is 2. The molecule has 2 aromatic heterocycles. The fraction of sp³-hybridized carbons (Fsp3) is 0.100. The molecule has 0 spiro atoms. The average Bonchev–Trinajstić information content (AvgIpc) is 3.52. The van der Waals surface area contributed by atoms with E-state index < -0.39 is 10.8 Å². The van der Waals surface area contributed by atoms with E-state index in [4.69, 9.17) is 27.9 Å². The first-order valence-electron chi connectivity index (χ1n) is 9.99. The average molecular weight is 598 g/mol. The van der Waals surface area contributed by atoms with Crippen LogP contribution in [0.3, 0.4) is 0 Å². The summed E-state index contributed by atoms with van der Waals surface area (Å²) in [5.74, 6) is -0.506. The van der Waals surface area contributed by atoms with Gasteiger partial charge in [-0.15, -0.1) is 20.4 Å². The van der Waals surface area contributed by atoms with Crippen LogP contribution >= 0.6 is 57.6 Å². The second-order valence-electron chi connectivity index (χ2n) is 6.84. The smallest absolute Gasteiger partial charge is 0.270 e. The molecule has 0 aliphatic carbocycles. The summed E-state index contributed by atoms with van der Waals surface area (Å²) >= 11 is 15.1. The highest BCUT2D eigenvalue weighted by Gasteiger charge is 2.15. The van der Waals surface area contributed by atoms with Gasteiger partial charge in [-0.2, -0.15) is 0 Å². The number of nitrogens with one attached hydrogen (secondary N) is 2. The van der Waals surface area contributed by atoms with Crippen LogP contribution in [0.5, 0.6) is 5.75 Å². The first-order chi connectivity index (χ1) is 17.8. The zero-order chi connectivity index (χ0) is 26.4. The van der Waals surface area contributed by atoms with E-state index >= 15 is 0 Å². The highest BCUT2D eigenvalue weighted by Crippen LogP contribution is 2.30. The number of nitro benzene ring substituents is 1. The molecule has 4 rings (SSSR count). The lowest BCUT2D eigenvalue weighted by Crippen LogP contribution is -2.20. The predicted octanol–water partition coefficient (Wildman–Crippen LogP) is 5.02. The van der Waals surface area contributed by atoms with E-state index in [1.54, 1.807) is 24.3 Å². The molecule has 0 aliphatic rings. The van der Waals surface area contributed by atoms with Crippen molar-refractivity contribution < 1.29 is 19.2 Å². The third-order valence-corrected chi connectivity index (χ3v) is 7.60. The number of hydrogen-bond acceptors (Lipinski definition) is 12. The van der Waals surface area contributed by atoms with E-state index in [0.29, 0.717) is 25.7 Å². The van der Waals surface area contributed by atoms with Crippen LogP contribution in [0.4, 0.5) is 16.0 Å². The molecule has 190 valence electrons. The highest BCUT2D eigenvalue weighted by atomic mass is 35.5. The number of amides is 2. The van der Waals surface area contributed by atoms with Crippen molar-refractivity contribution in [2.45, 2.75) is 4.34 Å². The second-order valence-corrected chi connectivity index (χ2v) is 10.9. The summed E-state index contributed by atoms with van der Waals surface area (Å²) in [5.41, 5.74) is 0.451. The van der Waals surface area contributed by atoms with Crippen molar-refractivity contribution in [1.29, 1.82) is 0 Å². The lowest BCUT2D eigenvalue weighted by atomic mass is 10.2. The maximum Gasteiger partial charge on any atom is 0.270 e. The number of carbonyl (C=O) groups excluding carboxylic acids is 2. The van der Waals surface area contributed by atoms with Gasteiger partial charge in [-0.1, -0.05) is 69.8 Å². The number of thioether (sulfide) groups is 1. The molecule has 0 saturated heterocycles. The number of non-ortho nitro benzene ring substituents is 1. The standard InChI is InChI=1S/C20H13Cl2N7O5S3/c21-11-4-5-14(13(22)7-11)34-8-15(30)23-19-27-28-20(37-19)35-9-16(31)24-18-26-25-17(36-18)10-2-1-3-12(6-10)29(32)33/h1-7H,8-9H2,(H,23,27,30)(H,24,26,31). The minimum absolute atomic E-state index is 0.00643. The molecule has 0 radical (unpaired) electrons. The Bertz CT molecular complexity index is 1470. The number of ether oxygens (including phenoxy) is 1. The van der Waals surface area contributed by atoms with Crippen LogP contribution in [0.2, 0.25) is 10.0 Å². The van der Waals surface area contributed by atoms with Crippen LogP contribution in [0.1, 0.15) is 0 Å². The van der Waals surface area contributed by atoms with Crippen molar-refractivity contribution in [3.8, 4) is 16.3 Å². The maximum absolute atomic E-state index is 12.3. The van der Waals surface area contributed by atoms with Crippen LogP contribution in [0, 0.1) is 10.1 Å². The van der Waals surface area contributed by atoms with Gasteiger partial charge in [0.15, 0.2) is 10.9 Å². The van der Waals surface area contributed by atoms with E-state index in [-0.39, 0.29) is 39.2 Å². The highest BCUT2D eigenvalue weighted by molar-refractivity contribution is 8.01. The van der Waals surface area contributed by atoms with Crippen LogP contribution in [-0.2, 0) is 9.59 Å². The van der Waals surface area contributed by atoms with Gasteiger partial charge >= 0.3 is 0 Å². The van der Waals surface area contributed by atoms with E-state index in [9.17, 15) is 19.7 Å². The van der Waals surface area contributed by atoms with Gasteiger partial charge in [0.05, 0.1) is 15.7 Å². The maximum atomic E-state index is 12.3. The summed E-state index contributed by atoms with van der Waals surface area (Å²) < 4.78 is 5.83. The topological polar surface area (TPSA) is 162 Å². The molecule has 0 atom stereocenters. The quantitative estimate of drug-likeness (QED) is 0.110. The summed E-state index contributed by atoms with van der Waals surface area (Å²) in [6.07, 6.45) is 0. The molecule has 17 heteroatoms. The Morgan fingerprint density at radius 2 is 1.76 bits per heavy atom. The number of nitrogens with zero attached hydrogens (tertiary/aromatic N) is 5. The molecule has 4 aromatic rings. The molecule has 12 nitrogen and oxygen atoms in total. The van der Waals surface area contributed by atoms with Crippen molar-refractivity contribution in [3.05, 3.63) is 62.6 Å². The van der Waals surface area contributed by atoms with Crippen molar-refractivity contribution in [3.63, 3.8) is 0 Å². The summed E-state index contributed by atoms with van der Waals surface area (Å²) in [6, 6.07) is 10.6. The predicted molar refractivity (Wildman–Crippen MR) is 142 cm³/mol. The van der Waals surface area contributed by atoms with E-state index in [2.05, 4.69) is 31.0 Å². The van der Waals surface area contributed by atoms with Gasteiger partial charge < -0.3 is 4.74 Å². The Morgan fingerprint density at radius 3 is 2.54 bits per heavy atom. The van der Waals surface area contributed by atoms with Crippen molar-refractivity contribution in [1.82, 2.24) is 20.4 Å². The van der Waals surface area contributed by atoms with Crippen molar-refractivity contribution in [2.24, 2.45) is 0 Å². The minimum atomic E-state index is -0.500. The van der Waals surface area contributed by atoms with Gasteiger partial charge in [0, 0.05) is 22.7 Å². The summed E-state index contributed by atoms with van der Waals surface area (Å²) in [5, 5.41) is 33.5. The zero-order valence-electron chi connectivity index (χ0n) is 18.2.